The zero-order chi connectivity index (χ0) is 14.3. The molecule has 0 spiro atoms. The van der Waals surface area contributed by atoms with Crippen molar-refractivity contribution in [3.8, 4) is 0 Å². The van der Waals surface area contributed by atoms with Crippen LogP contribution in [0.4, 0.5) is 0 Å². The lowest BCUT2D eigenvalue weighted by Gasteiger charge is -2.33. The molecule has 0 aromatic rings. The molecule has 2 atom stereocenters. The first-order valence-electron chi connectivity index (χ1n) is 7.24. The van der Waals surface area contributed by atoms with Crippen LogP contribution in [0.3, 0.4) is 0 Å². The Morgan fingerprint density at radius 2 is 1.68 bits per heavy atom. The smallest absolute Gasteiger partial charge is 0.237 e. The largest absolute Gasteiger partial charge is 0.351 e. The van der Waals surface area contributed by atoms with Gasteiger partial charge in [0.05, 0.1) is 6.04 Å². The zero-order valence-corrected chi connectivity index (χ0v) is 14.3. The van der Waals surface area contributed by atoms with Gasteiger partial charge in [0.2, 0.25) is 5.91 Å². The van der Waals surface area contributed by atoms with Crippen molar-refractivity contribution in [1.82, 2.24) is 5.32 Å². The van der Waals surface area contributed by atoms with E-state index in [2.05, 4.69) is 39.9 Å². The molecule has 0 aromatic carbocycles. The fraction of sp³-hybridized carbons (Fsp3) is 0.933. The molecular formula is C15H33ClN2O. The van der Waals surface area contributed by atoms with E-state index in [1.807, 2.05) is 6.92 Å². The predicted molar refractivity (Wildman–Crippen MR) is 85.6 cm³/mol. The highest BCUT2D eigenvalue weighted by Crippen LogP contribution is 2.24. The van der Waals surface area contributed by atoms with Crippen LogP contribution in [0.5, 0.6) is 0 Å². The fourth-order valence-corrected chi connectivity index (χ4v) is 1.94. The monoisotopic (exact) mass is 292 g/mol. The maximum Gasteiger partial charge on any atom is 0.237 e. The highest BCUT2D eigenvalue weighted by molar-refractivity contribution is 5.85. The first-order valence-corrected chi connectivity index (χ1v) is 7.24. The normalized spacial score (nSPS) is 14.7. The summed E-state index contributed by atoms with van der Waals surface area (Å²) in [5, 5.41) is 3.13. The van der Waals surface area contributed by atoms with Gasteiger partial charge in [-0.25, -0.2) is 0 Å². The van der Waals surface area contributed by atoms with Gasteiger partial charge in [-0.3, -0.25) is 4.79 Å². The molecule has 0 heterocycles. The number of rotatable bonds is 7. The first kappa shape index (κ1) is 21.0. The molecule has 0 radical (unpaired) electrons. The molecule has 0 fully saturated rings. The summed E-state index contributed by atoms with van der Waals surface area (Å²) in [7, 11) is 0. The second-order valence-corrected chi connectivity index (χ2v) is 6.79. The van der Waals surface area contributed by atoms with Crippen molar-refractivity contribution in [2.75, 3.05) is 0 Å². The Hall–Kier alpha value is -0.280. The molecule has 3 nitrogen and oxygen atoms in total. The summed E-state index contributed by atoms with van der Waals surface area (Å²) in [6.45, 7) is 13.0. The van der Waals surface area contributed by atoms with Gasteiger partial charge in [-0.15, -0.1) is 12.4 Å². The van der Waals surface area contributed by atoms with Gasteiger partial charge in [0, 0.05) is 6.04 Å². The molecule has 0 saturated heterocycles. The van der Waals surface area contributed by atoms with Crippen LogP contribution in [0.1, 0.15) is 67.2 Å². The molecule has 1 amide bonds. The van der Waals surface area contributed by atoms with Crippen molar-refractivity contribution in [2.45, 2.75) is 79.3 Å². The van der Waals surface area contributed by atoms with Crippen LogP contribution in [0.2, 0.25) is 0 Å². The molecule has 0 rings (SSSR count). The molecule has 0 bridgehead atoms. The Labute approximate surface area is 125 Å². The van der Waals surface area contributed by atoms with Crippen LogP contribution in [-0.4, -0.2) is 18.0 Å². The third-order valence-electron chi connectivity index (χ3n) is 3.33. The zero-order valence-electron chi connectivity index (χ0n) is 13.5. The van der Waals surface area contributed by atoms with Crippen molar-refractivity contribution in [2.24, 2.45) is 17.1 Å². The van der Waals surface area contributed by atoms with E-state index >= 15 is 0 Å². The summed E-state index contributed by atoms with van der Waals surface area (Å²) >= 11 is 0. The summed E-state index contributed by atoms with van der Waals surface area (Å²) in [4.78, 5) is 12.0. The van der Waals surface area contributed by atoms with E-state index in [1.54, 1.807) is 0 Å². The Morgan fingerprint density at radius 1 is 1.16 bits per heavy atom. The second kappa shape index (κ2) is 9.60. The average Bonchev–Trinajstić information content (AvgIpc) is 2.22. The fourth-order valence-electron chi connectivity index (χ4n) is 1.94. The summed E-state index contributed by atoms with van der Waals surface area (Å²) in [6, 6.07) is -0.158. The number of halogens is 1. The number of carbonyl (C=O) groups is 1. The molecule has 4 heteroatoms. The molecule has 0 aromatic heterocycles. The van der Waals surface area contributed by atoms with Crippen LogP contribution in [0.25, 0.3) is 0 Å². The van der Waals surface area contributed by atoms with Gasteiger partial charge in [-0.1, -0.05) is 48.0 Å². The van der Waals surface area contributed by atoms with Gasteiger partial charge in [0.15, 0.2) is 0 Å². The van der Waals surface area contributed by atoms with Crippen molar-refractivity contribution in [3.05, 3.63) is 0 Å². The SMILES string of the molecule is CCCC(N)C(=O)NC(CCC(C)C)C(C)(C)C.Cl. The molecule has 0 saturated carbocycles. The molecule has 2 unspecified atom stereocenters. The topological polar surface area (TPSA) is 55.1 Å². The lowest BCUT2D eigenvalue weighted by molar-refractivity contribution is -0.124. The highest BCUT2D eigenvalue weighted by atomic mass is 35.5. The maximum absolute atomic E-state index is 12.0. The van der Waals surface area contributed by atoms with Crippen molar-refractivity contribution < 1.29 is 4.79 Å². The Morgan fingerprint density at radius 3 is 2.05 bits per heavy atom. The molecule has 0 aliphatic rings. The third kappa shape index (κ3) is 9.28. The average molecular weight is 293 g/mol. The Bertz CT molecular complexity index is 249. The van der Waals surface area contributed by atoms with E-state index in [4.69, 9.17) is 5.73 Å². The van der Waals surface area contributed by atoms with Crippen LogP contribution in [0.15, 0.2) is 0 Å². The number of hydrogen-bond donors (Lipinski definition) is 2. The van der Waals surface area contributed by atoms with E-state index in [9.17, 15) is 4.79 Å². The van der Waals surface area contributed by atoms with Crippen LogP contribution >= 0.6 is 12.4 Å². The van der Waals surface area contributed by atoms with Crippen LogP contribution in [0, 0.1) is 11.3 Å². The number of nitrogens with one attached hydrogen (secondary N) is 1. The summed E-state index contributed by atoms with van der Waals surface area (Å²) in [5.74, 6) is 0.664. The van der Waals surface area contributed by atoms with Gasteiger partial charge >= 0.3 is 0 Å². The summed E-state index contributed by atoms with van der Waals surface area (Å²) in [5.41, 5.74) is 5.94. The lowest BCUT2D eigenvalue weighted by atomic mass is 9.82. The van der Waals surface area contributed by atoms with Crippen molar-refractivity contribution in [3.63, 3.8) is 0 Å². The quantitative estimate of drug-likeness (QED) is 0.754. The molecule has 0 aliphatic carbocycles. The van der Waals surface area contributed by atoms with Gasteiger partial charge in [-0.05, 0) is 30.6 Å². The predicted octanol–water partition coefficient (Wildman–Crippen LogP) is 3.50. The number of hydrogen-bond acceptors (Lipinski definition) is 2. The molecular weight excluding hydrogens is 260 g/mol. The molecule has 19 heavy (non-hydrogen) atoms. The Kier molecular flexibility index (Phi) is 10.6. The first-order chi connectivity index (χ1) is 8.18. The van der Waals surface area contributed by atoms with Crippen LogP contribution in [-0.2, 0) is 4.79 Å². The second-order valence-electron chi connectivity index (χ2n) is 6.79. The third-order valence-corrected chi connectivity index (χ3v) is 3.33. The van der Waals surface area contributed by atoms with E-state index in [0.29, 0.717) is 5.92 Å². The van der Waals surface area contributed by atoms with Gasteiger partial charge in [0.25, 0.3) is 0 Å². The summed E-state index contributed by atoms with van der Waals surface area (Å²) < 4.78 is 0. The van der Waals surface area contributed by atoms with E-state index in [1.165, 1.54) is 0 Å². The molecule has 0 aliphatic heterocycles. The minimum atomic E-state index is -0.362. The Balaban J connectivity index is 0. The maximum atomic E-state index is 12.0. The van der Waals surface area contributed by atoms with Crippen molar-refractivity contribution >= 4 is 18.3 Å². The van der Waals surface area contributed by atoms with E-state index in [-0.39, 0.29) is 35.8 Å². The number of amides is 1. The van der Waals surface area contributed by atoms with Gasteiger partial charge < -0.3 is 11.1 Å². The molecule has 3 N–H and O–H groups in total. The van der Waals surface area contributed by atoms with Gasteiger partial charge in [0.1, 0.15) is 0 Å². The van der Waals surface area contributed by atoms with E-state index in [0.717, 1.165) is 25.7 Å². The number of carbonyl (C=O) groups excluding carboxylic acids is 1. The summed E-state index contributed by atoms with van der Waals surface area (Å²) in [6.07, 6.45) is 3.85. The minimum Gasteiger partial charge on any atom is -0.351 e. The van der Waals surface area contributed by atoms with E-state index < -0.39 is 0 Å². The van der Waals surface area contributed by atoms with Crippen LogP contribution < -0.4 is 11.1 Å². The molecule has 116 valence electrons. The minimum absolute atomic E-state index is 0. The standard InChI is InChI=1S/C15H32N2O.ClH/c1-7-8-12(16)14(18)17-13(15(4,5)6)10-9-11(2)3;/h11-13H,7-10,16H2,1-6H3,(H,17,18);1H. The highest BCUT2D eigenvalue weighted by Gasteiger charge is 2.27. The lowest BCUT2D eigenvalue weighted by Crippen LogP contribution is -2.50. The van der Waals surface area contributed by atoms with Gasteiger partial charge in [-0.2, -0.15) is 0 Å². The van der Waals surface area contributed by atoms with Crippen molar-refractivity contribution in [1.29, 1.82) is 0 Å². The number of nitrogens with two attached hydrogens (primary N) is 1.